The number of amides is 2. The minimum Gasteiger partial charge on any atom is -0.373 e. The molecule has 0 aliphatic carbocycles. The lowest BCUT2D eigenvalue weighted by Crippen LogP contribution is -2.48. The highest BCUT2D eigenvalue weighted by Gasteiger charge is 2.24. The third kappa shape index (κ3) is 5.12. The van der Waals surface area contributed by atoms with E-state index in [2.05, 4.69) is 41.5 Å². The molecule has 0 bridgehead atoms. The Morgan fingerprint density at radius 3 is 2.74 bits per heavy atom. The maximum Gasteiger partial charge on any atom is 0.260 e. The number of halogens is 1. The molecule has 0 spiro atoms. The van der Waals surface area contributed by atoms with Crippen molar-refractivity contribution in [3.05, 3.63) is 39.7 Å². The fourth-order valence-corrected chi connectivity index (χ4v) is 5.09. The number of ether oxygens (including phenoxy) is 1. The van der Waals surface area contributed by atoms with Crippen molar-refractivity contribution in [1.82, 2.24) is 19.5 Å². The minimum absolute atomic E-state index is 0.0960. The number of hydrogen-bond acceptors (Lipinski definition) is 7. The van der Waals surface area contributed by atoms with Crippen molar-refractivity contribution < 1.29 is 14.3 Å². The van der Waals surface area contributed by atoms with Crippen molar-refractivity contribution in [3.63, 3.8) is 0 Å². The molecule has 2 atom stereocenters. The molecular formula is C20H23BrN6O3S. The molecule has 164 valence electrons. The van der Waals surface area contributed by atoms with Gasteiger partial charge in [-0.25, -0.2) is 4.52 Å². The van der Waals surface area contributed by atoms with Crippen LogP contribution < -0.4 is 10.6 Å². The third-order valence-electron chi connectivity index (χ3n) is 4.89. The molecule has 2 unspecified atom stereocenters. The van der Waals surface area contributed by atoms with Crippen LogP contribution in [0, 0.1) is 6.92 Å². The van der Waals surface area contributed by atoms with Crippen molar-refractivity contribution in [1.29, 1.82) is 0 Å². The quantitative estimate of drug-likeness (QED) is 0.551. The highest BCUT2D eigenvalue weighted by atomic mass is 79.9. The van der Waals surface area contributed by atoms with E-state index < -0.39 is 0 Å². The van der Waals surface area contributed by atoms with Crippen molar-refractivity contribution in [2.45, 2.75) is 33.0 Å². The summed E-state index contributed by atoms with van der Waals surface area (Å²) in [7, 11) is 0. The van der Waals surface area contributed by atoms with Crippen LogP contribution in [0.3, 0.4) is 0 Å². The highest BCUT2D eigenvalue weighted by molar-refractivity contribution is 9.11. The first-order valence-corrected chi connectivity index (χ1v) is 11.5. The molecule has 4 rings (SSSR count). The third-order valence-corrected chi connectivity index (χ3v) is 6.48. The number of nitrogens with zero attached hydrogens (tertiary/aromatic N) is 4. The lowest BCUT2D eigenvalue weighted by atomic mass is 10.2. The molecule has 1 fully saturated rings. The van der Waals surface area contributed by atoms with E-state index in [0.29, 0.717) is 35.7 Å². The van der Waals surface area contributed by atoms with Gasteiger partial charge in [0.15, 0.2) is 0 Å². The Hall–Kier alpha value is -2.34. The summed E-state index contributed by atoms with van der Waals surface area (Å²) in [5, 5.41) is 9.95. The van der Waals surface area contributed by atoms with E-state index in [1.807, 2.05) is 13.8 Å². The van der Waals surface area contributed by atoms with Gasteiger partial charge in [0.2, 0.25) is 5.91 Å². The monoisotopic (exact) mass is 506 g/mol. The van der Waals surface area contributed by atoms with Crippen LogP contribution in [0.4, 0.5) is 11.4 Å². The molecule has 0 saturated carbocycles. The molecule has 3 aromatic heterocycles. The lowest BCUT2D eigenvalue weighted by molar-refractivity contribution is -0.121. The van der Waals surface area contributed by atoms with Crippen LogP contribution >= 0.6 is 27.3 Å². The van der Waals surface area contributed by atoms with Crippen LogP contribution in [-0.2, 0) is 9.53 Å². The number of nitrogens with one attached hydrogen (secondary N) is 2. The Labute approximate surface area is 191 Å². The second-order valence-electron chi connectivity index (χ2n) is 7.65. The van der Waals surface area contributed by atoms with Gasteiger partial charge in [0, 0.05) is 13.1 Å². The van der Waals surface area contributed by atoms with E-state index in [4.69, 9.17) is 4.74 Å². The molecule has 1 aliphatic rings. The molecule has 31 heavy (non-hydrogen) atoms. The summed E-state index contributed by atoms with van der Waals surface area (Å²) in [4.78, 5) is 32.5. The smallest absolute Gasteiger partial charge is 0.260 e. The summed E-state index contributed by atoms with van der Waals surface area (Å²) in [6, 6.07) is 1.72. The lowest BCUT2D eigenvalue weighted by Gasteiger charge is -2.34. The van der Waals surface area contributed by atoms with E-state index in [1.54, 1.807) is 29.9 Å². The highest BCUT2D eigenvalue weighted by Crippen LogP contribution is 2.27. The van der Waals surface area contributed by atoms with Gasteiger partial charge in [0.25, 0.3) is 5.91 Å². The van der Waals surface area contributed by atoms with Gasteiger partial charge in [-0.15, -0.1) is 11.3 Å². The first kappa shape index (κ1) is 21.9. The number of carbonyl (C=O) groups is 2. The number of fused-ring (bicyclic) bond motifs is 1. The first-order chi connectivity index (χ1) is 14.8. The van der Waals surface area contributed by atoms with Gasteiger partial charge in [-0.3, -0.25) is 19.5 Å². The number of morpholine rings is 1. The molecular weight excluding hydrogens is 484 g/mol. The number of aromatic nitrogens is 3. The SMILES string of the molecule is Cc1ncc(NC(=O)CN2CC(C)OC(C)C2)cc1NC(=O)c1cnn2cc(Br)sc12. The van der Waals surface area contributed by atoms with Gasteiger partial charge in [-0.2, -0.15) is 5.10 Å². The molecule has 0 aromatic carbocycles. The van der Waals surface area contributed by atoms with Crippen molar-refractivity contribution in [2.24, 2.45) is 0 Å². The second kappa shape index (κ2) is 9.03. The van der Waals surface area contributed by atoms with E-state index in [9.17, 15) is 9.59 Å². The Morgan fingerprint density at radius 1 is 1.26 bits per heavy atom. The standard InChI is InChI=1S/C20H23BrN6O3S/c1-11-7-26(8-12(2)30-11)10-18(28)24-14-4-16(13(3)22-5-14)25-19(29)15-6-23-27-9-17(21)31-20(15)27/h4-6,9,11-12H,7-8,10H2,1-3H3,(H,24,28)(H,25,29). The molecule has 11 heteroatoms. The summed E-state index contributed by atoms with van der Waals surface area (Å²) >= 11 is 4.83. The van der Waals surface area contributed by atoms with Crippen LogP contribution in [0.15, 0.2) is 28.4 Å². The Balaban J connectivity index is 1.43. The second-order valence-corrected chi connectivity index (χ2v) is 10.1. The topological polar surface area (TPSA) is 101 Å². The Kier molecular flexibility index (Phi) is 6.37. The van der Waals surface area contributed by atoms with Crippen molar-refractivity contribution >= 4 is 55.3 Å². The fourth-order valence-electron chi connectivity index (χ4n) is 3.65. The normalized spacial score (nSPS) is 19.5. The molecule has 2 N–H and O–H groups in total. The predicted molar refractivity (Wildman–Crippen MR) is 123 cm³/mol. The average molecular weight is 507 g/mol. The molecule has 2 amide bonds. The van der Waals surface area contributed by atoms with Crippen molar-refractivity contribution in [2.75, 3.05) is 30.3 Å². The van der Waals surface area contributed by atoms with Crippen LogP contribution in [0.1, 0.15) is 29.9 Å². The van der Waals surface area contributed by atoms with Crippen LogP contribution in [0.5, 0.6) is 0 Å². The number of pyridine rings is 1. The molecule has 0 radical (unpaired) electrons. The fraction of sp³-hybridized carbons (Fsp3) is 0.400. The summed E-state index contributed by atoms with van der Waals surface area (Å²) in [6.07, 6.45) is 5.11. The average Bonchev–Trinajstić information content (AvgIpc) is 3.22. The number of thiazole rings is 1. The number of rotatable bonds is 5. The summed E-state index contributed by atoms with van der Waals surface area (Å²) in [5.41, 5.74) is 2.18. The zero-order chi connectivity index (χ0) is 22.1. The molecule has 1 saturated heterocycles. The van der Waals surface area contributed by atoms with Crippen LogP contribution in [0.25, 0.3) is 4.83 Å². The van der Waals surface area contributed by atoms with E-state index in [-0.39, 0.29) is 30.6 Å². The van der Waals surface area contributed by atoms with E-state index in [0.717, 1.165) is 8.62 Å². The Morgan fingerprint density at radius 2 is 2.00 bits per heavy atom. The zero-order valence-corrected chi connectivity index (χ0v) is 19.8. The number of aryl methyl sites for hydroxylation is 1. The zero-order valence-electron chi connectivity index (χ0n) is 17.4. The summed E-state index contributed by atoms with van der Waals surface area (Å²) in [6.45, 7) is 7.50. The molecule has 9 nitrogen and oxygen atoms in total. The number of hydrogen-bond donors (Lipinski definition) is 2. The Bertz CT molecular complexity index is 1120. The maximum atomic E-state index is 12.8. The summed E-state index contributed by atoms with van der Waals surface area (Å²) in [5.74, 6) is -0.417. The predicted octanol–water partition coefficient (Wildman–Crippen LogP) is 3.16. The maximum absolute atomic E-state index is 12.8. The van der Waals surface area contributed by atoms with Gasteiger partial charge in [0.05, 0.1) is 63.8 Å². The first-order valence-electron chi connectivity index (χ1n) is 9.87. The van der Waals surface area contributed by atoms with Gasteiger partial charge < -0.3 is 15.4 Å². The van der Waals surface area contributed by atoms with Gasteiger partial charge >= 0.3 is 0 Å². The number of anilines is 2. The van der Waals surface area contributed by atoms with Crippen LogP contribution in [0.2, 0.25) is 0 Å². The molecule has 4 heterocycles. The summed E-state index contributed by atoms with van der Waals surface area (Å²) < 4.78 is 8.25. The van der Waals surface area contributed by atoms with E-state index >= 15 is 0 Å². The van der Waals surface area contributed by atoms with Crippen LogP contribution in [-0.4, -0.2) is 63.2 Å². The van der Waals surface area contributed by atoms with Gasteiger partial charge in [-0.05, 0) is 42.8 Å². The molecule has 1 aliphatic heterocycles. The largest absolute Gasteiger partial charge is 0.373 e. The van der Waals surface area contributed by atoms with E-state index in [1.165, 1.54) is 17.5 Å². The minimum atomic E-state index is -0.283. The van der Waals surface area contributed by atoms with Gasteiger partial charge in [-0.1, -0.05) is 0 Å². The number of carbonyl (C=O) groups excluding carboxylic acids is 2. The van der Waals surface area contributed by atoms with Crippen molar-refractivity contribution in [3.8, 4) is 0 Å². The molecule has 3 aromatic rings. The van der Waals surface area contributed by atoms with Gasteiger partial charge in [0.1, 0.15) is 4.83 Å².